The summed E-state index contributed by atoms with van der Waals surface area (Å²) in [6, 6.07) is 20.7. The quantitative estimate of drug-likeness (QED) is 0.893. The average Bonchev–Trinajstić information content (AvgIpc) is 3.19. The van der Waals surface area contributed by atoms with E-state index in [1.807, 2.05) is 0 Å². The Morgan fingerprint density at radius 3 is 2.35 bits per heavy atom. The van der Waals surface area contributed by atoms with Crippen LogP contribution in [-0.4, -0.2) is 6.04 Å². The molecule has 2 unspecified atom stereocenters. The van der Waals surface area contributed by atoms with Gasteiger partial charge in [0.05, 0.1) is 0 Å². The van der Waals surface area contributed by atoms with Crippen molar-refractivity contribution in [2.45, 2.75) is 36.9 Å². The van der Waals surface area contributed by atoms with E-state index in [0.29, 0.717) is 18.0 Å². The van der Waals surface area contributed by atoms with E-state index < -0.39 is 0 Å². The van der Waals surface area contributed by atoms with Crippen molar-refractivity contribution < 1.29 is 0 Å². The summed E-state index contributed by atoms with van der Waals surface area (Å²) in [5.41, 5.74) is 10.4. The molecule has 0 bridgehead atoms. The topological polar surface area (TPSA) is 38.0 Å². The van der Waals surface area contributed by atoms with Gasteiger partial charge in [0, 0.05) is 24.0 Å². The zero-order valence-corrected chi connectivity index (χ0v) is 11.5. The molecular weight excluding hydrogens is 244 g/mol. The molecule has 4 rings (SSSR count). The van der Waals surface area contributed by atoms with E-state index in [-0.39, 0.29) is 6.04 Å². The van der Waals surface area contributed by atoms with Crippen molar-refractivity contribution in [3.8, 4) is 0 Å². The van der Waals surface area contributed by atoms with Gasteiger partial charge in [-0.05, 0) is 29.5 Å². The molecule has 102 valence electrons. The molecule has 0 aromatic heterocycles. The van der Waals surface area contributed by atoms with Gasteiger partial charge in [0.1, 0.15) is 0 Å². The number of hydrogen-bond acceptors (Lipinski definition) is 2. The lowest BCUT2D eigenvalue weighted by Crippen LogP contribution is -2.23. The third kappa shape index (κ3) is 2.05. The van der Waals surface area contributed by atoms with E-state index in [1.165, 1.54) is 23.1 Å². The highest BCUT2D eigenvalue weighted by Gasteiger charge is 2.41. The normalized spacial score (nSPS) is 31.1. The lowest BCUT2D eigenvalue weighted by atomic mass is 10.1. The summed E-state index contributed by atoms with van der Waals surface area (Å²) in [7, 11) is 0. The SMILES string of the molecule is NC1CC(N[C@@H]2C[C@H]2c2ccccc2)c2ccccc21. The minimum absolute atomic E-state index is 0.192. The molecule has 0 radical (unpaired) electrons. The summed E-state index contributed by atoms with van der Waals surface area (Å²) in [5.74, 6) is 0.681. The minimum Gasteiger partial charge on any atom is -0.324 e. The Morgan fingerprint density at radius 2 is 1.55 bits per heavy atom. The second-order valence-electron chi connectivity index (χ2n) is 6.05. The first-order valence-corrected chi connectivity index (χ1v) is 7.48. The smallest absolute Gasteiger partial charge is 0.0344 e. The van der Waals surface area contributed by atoms with Gasteiger partial charge < -0.3 is 11.1 Å². The largest absolute Gasteiger partial charge is 0.324 e. The summed E-state index contributed by atoms with van der Waals surface area (Å²) in [6.45, 7) is 0. The van der Waals surface area contributed by atoms with Gasteiger partial charge in [-0.2, -0.15) is 0 Å². The van der Waals surface area contributed by atoms with Gasteiger partial charge in [-0.25, -0.2) is 0 Å². The second kappa shape index (κ2) is 4.72. The minimum atomic E-state index is 0.192. The van der Waals surface area contributed by atoms with Gasteiger partial charge in [-0.3, -0.25) is 0 Å². The first kappa shape index (κ1) is 12.1. The van der Waals surface area contributed by atoms with Crippen LogP contribution in [0.25, 0.3) is 0 Å². The molecule has 0 amide bonds. The van der Waals surface area contributed by atoms with Crippen LogP contribution in [0.4, 0.5) is 0 Å². The Kier molecular flexibility index (Phi) is 2.86. The Labute approximate surface area is 120 Å². The predicted molar refractivity (Wildman–Crippen MR) is 81.5 cm³/mol. The second-order valence-corrected chi connectivity index (χ2v) is 6.05. The van der Waals surface area contributed by atoms with E-state index in [9.17, 15) is 0 Å². The van der Waals surface area contributed by atoms with Crippen molar-refractivity contribution in [2.75, 3.05) is 0 Å². The molecule has 1 saturated carbocycles. The van der Waals surface area contributed by atoms with E-state index in [1.54, 1.807) is 0 Å². The number of benzene rings is 2. The molecule has 2 aromatic carbocycles. The highest BCUT2D eigenvalue weighted by atomic mass is 15.0. The van der Waals surface area contributed by atoms with Crippen LogP contribution in [-0.2, 0) is 0 Å². The zero-order chi connectivity index (χ0) is 13.5. The fraction of sp³-hybridized carbons (Fsp3) is 0.333. The van der Waals surface area contributed by atoms with Crippen LogP contribution < -0.4 is 11.1 Å². The monoisotopic (exact) mass is 264 g/mol. The molecule has 1 fully saturated rings. The molecule has 3 N–H and O–H groups in total. The third-order valence-corrected chi connectivity index (χ3v) is 4.69. The van der Waals surface area contributed by atoms with Crippen molar-refractivity contribution in [1.29, 1.82) is 0 Å². The van der Waals surface area contributed by atoms with Gasteiger partial charge in [-0.1, -0.05) is 54.6 Å². The molecule has 4 atom stereocenters. The molecule has 2 heteroatoms. The Bertz CT molecular complexity index is 608. The van der Waals surface area contributed by atoms with Gasteiger partial charge in [-0.15, -0.1) is 0 Å². The van der Waals surface area contributed by atoms with Crippen molar-refractivity contribution in [3.05, 3.63) is 71.3 Å². The predicted octanol–water partition coefficient (Wildman–Crippen LogP) is 3.28. The standard InChI is InChI=1S/C18H20N2/c19-16-11-18(14-9-5-4-8-13(14)16)20-17-10-15(17)12-6-2-1-3-7-12/h1-9,15-18,20H,10-11,19H2/t15-,16?,17+,18?/m0/s1. The summed E-state index contributed by atoms with van der Waals surface area (Å²) < 4.78 is 0. The first-order chi connectivity index (χ1) is 9.83. The van der Waals surface area contributed by atoms with Gasteiger partial charge >= 0.3 is 0 Å². The molecular formula is C18H20N2. The van der Waals surface area contributed by atoms with Gasteiger partial charge in [0.15, 0.2) is 0 Å². The van der Waals surface area contributed by atoms with Crippen LogP contribution in [0.15, 0.2) is 54.6 Å². The van der Waals surface area contributed by atoms with E-state index in [0.717, 1.165) is 6.42 Å². The number of nitrogens with one attached hydrogen (secondary N) is 1. The molecule has 0 saturated heterocycles. The molecule has 2 aromatic rings. The van der Waals surface area contributed by atoms with Gasteiger partial charge in [0.25, 0.3) is 0 Å². The zero-order valence-electron chi connectivity index (χ0n) is 11.5. The Balaban J connectivity index is 1.47. The molecule has 0 heterocycles. The average molecular weight is 264 g/mol. The fourth-order valence-electron chi connectivity index (χ4n) is 3.54. The third-order valence-electron chi connectivity index (χ3n) is 4.69. The summed E-state index contributed by atoms with van der Waals surface area (Å²) in [4.78, 5) is 0. The van der Waals surface area contributed by atoms with Crippen LogP contribution in [0.3, 0.4) is 0 Å². The maximum absolute atomic E-state index is 6.24. The summed E-state index contributed by atoms with van der Waals surface area (Å²) in [6.07, 6.45) is 2.27. The van der Waals surface area contributed by atoms with Crippen molar-refractivity contribution in [2.24, 2.45) is 5.73 Å². The van der Waals surface area contributed by atoms with Crippen LogP contribution in [0.2, 0.25) is 0 Å². The van der Waals surface area contributed by atoms with Crippen molar-refractivity contribution in [3.63, 3.8) is 0 Å². The van der Waals surface area contributed by atoms with Crippen LogP contribution in [0.5, 0.6) is 0 Å². The number of nitrogens with two attached hydrogens (primary N) is 1. The lowest BCUT2D eigenvalue weighted by Gasteiger charge is -2.14. The maximum atomic E-state index is 6.24. The molecule has 2 aliphatic carbocycles. The number of hydrogen-bond donors (Lipinski definition) is 2. The maximum Gasteiger partial charge on any atom is 0.0344 e. The van der Waals surface area contributed by atoms with E-state index >= 15 is 0 Å². The first-order valence-electron chi connectivity index (χ1n) is 7.48. The van der Waals surface area contributed by atoms with E-state index in [2.05, 4.69) is 59.9 Å². The Hall–Kier alpha value is -1.64. The van der Waals surface area contributed by atoms with Gasteiger partial charge in [0.2, 0.25) is 0 Å². The van der Waals surface area contributed by atoms with Crippen LogP contribution in [0.1, 0.15) is 47.5 Å². The fourth-order valence-corrected chi connectivity index (χ4v) is 3.54. The summed E-state index contributed by atoms with van der Waals surface area (Å²) >= 11 is 0. The van der Waals surface area contributed by atoms with Crippen LogP contribution >= 0.6 is 0 Å². The number of rotatable bonds is 3. The highest BCUT2D eigenvalue weighted by molar-refractivity contribution is 5.38. The van der Waals surface area contributed by atoms with Crippen molar-refractivity contribution in [1.82, 2.24) is 5.32 Å². The Morgan fingerprint density at radius 1 is 0.850 bits per heavy atom. The van der Waals surface area contributed by atoms with Crippen LogP contribution in [0, 0.1) is 0 Å². The van der Waals surface area contributed by atoms with Crippen molar-refractivity contribution >= 4 is 0 Å². The highest BCUT2D eigenvalue weighted by Crippen LogP contribution is 2.45. The molecule has 0 spiro atoms. The molecule has 2 nitrogen and oxygen atoms in total. The lowest BCUT2D eigenvalue weighted by molar-refractivity contribution is 0.492. The number of fused-ring (bicyclic) bond motifs is 1. The van der Waals surface area contributed by atoms with E-state index in [4.69, 9.17) is 5.73 Å². The molecule has 0 aliphatic heterocycles. The summed E-state index contributed by atoms with van der Waals surface area (Å²) in [5, 5.41) is 3.81. The molecule has 2 aliphatic rings. The molecule has 20 heavy (non-hydrogen) atoms.